The van der Waals surface area contributed by atoms with E-state index < -0.39 is 0 Å². The van der Waals surface area contributed by atoms with Crippen molar-refractivity contribution in [2.75, 3.05) is 33.9 Å². The highest BCUT2D eigenvalue weighted by atomic mass is 16.5. The molecule has 4 nitrogen and oxygen atoms in total. The summed E-state index contributed by atoms with van der Waals surface area (Å²) in [4.78, 5) is 0. The maximum Gasteiger partial charge on any atom is 0.128 e. The van der Waals surface area contributed by atoms with Crippen LogP contribution in [0.25, 0.3) is 0 Å². The number of hydrogen-bond donors (Lipinski definition) is 1. The van der Waals surface area contributed by atoms with Crippen molar-refractivity contribution in [3.8, 4) is 11.5 Å². The lowest BCUT2D eigenvalue weighted by atomic mass is 10.1. The fraction of sp³-hybridized carbons (Fsp3) is 0.500. The number of benzene rings is 1. The van der Waals surface area contributed by atoms with Crippen molar-refractivity contribution in [2.24, 2.45) is 0 Å². The highest BCUT2D eigenvalue weighted by Gasteiger charge is 2.19. The molecule has 88 valence electrons. The van der Waals surface area contributed by atoms with Gasteiger partial charge in [0.1, 0.15) is 11.5 Å². The minimum absolute atomic E-state index is 0.0645. The number of rotatable bonds is 3. The van der Waals surface area contributed by atoms with Gasteiger partial charge in [0.05, 0.1) is 26.9 Å². The number of hydrogen-bond acceptors (Lipinski definition) is 4. The predicted molar refractivity (Wildman–Crippen MR) is 61.1 cm³/mol. The molecule has 0 aromatic heterocycles. The van der Waals surface area contributed by atoms with E-state index in [0.717, 1.165) is 36.8 Å². The Labute approximate surface area is 95.5 Å². The smallest absolute Gasteiger partial charge is 0.128 e. The molecule has 0 amide bonds. The summed E-state index contributed by atoms with van der Waals surface area (Å²) in [5, 5.41) is 3.30. The standard InChI is InChI=1S/C12H17NO3/c1-14-9-3-4-10(11(7-9)15-2)12-8-13-5-6-16-12/h3-4,7,12-13H,5-6,8H2,1-2H3. The summed E-state index contributed by atoms with van der Waals surface area (Å²) in [5.41, 5.74) is 1.07. The molecule has 1 unspecified atom stereocenters. The van der Waals surface area contributed by atoms with Gasteiger partial charge in [0, 0.05) is 24.7 Å². The van der Waals surface area contributed by atoms with Crippen LogP contribution in [0.5, 0.6) is 11.5 Å². The van der Waals surface area contributed by atoms with Gasteiger partial charge in [0.25, 0.3) is 0 Å². The molecule has 1 aliphatic rings. The summed E-state index contributed by atoms with van der Waals surface area (Å²) in [6.07, 6.45) is 0.0645. The van der Waals surface area contributed by atoms with Crippen molar-refractivity contribution in [3.05, 3.63) is 23.8 Å². The molecule has 1 heterocycles. The summed E-state index contributed by atoms with van der Waals surface area (Å²) in [6.45, 7) is 2.47. The number of ether oxygens (including phenoxy) is 3. The SMILES string of the molecule is COc1ccc(C2CNCCO2)c(OC)c1. The van der Waals surface area contributed by atoms with Gasteiger partial charge < -0.3 is 19.5 Å². The average Bonchev–Trinajstić information content (AvgIpc) is 2.39. The average molecular weight is 223 g/mol. The summed E-state index contributed by atoms with van der Waals surface area (Å²) in [7, 11) is 3.31. The first-order chi connectivity index (χ1) is 7.85. The van der Waals surface area contributed by atoms with E-state index in [-0.39, 0.29) is 6.10 Å². The Kier molecular flexibility index (Phi) is 3.64. The summed E-state index contributed by atoms with van der Waals surface area (Å²) in [5.74, 6) is 1.61. The van der Waals surface area contributed by atoms with Crippen molar-refractivity contribution >= 4 is 0 Å². The van der Waals surface area contributed by atoms with Crippen LogP contribution in [0.15, 0.2) is 18.2 Å². The van der Waals surface area contributed by atoms with Crippen LogP contribution in [-0.2, 0) is 4.74 Å². The van der Waals surface area contributed by atoms with Gasteiger partial charge in [-0.15, -0.1) is 0 Å². The first-order valence-corrected chi connectivity index (χ1v) is 5.39. The third kappa shape index (κ3) is 2.28. The van der Waals surface area contributed by atoms with E-state index in [1.165, 1.54) is 0 Å². The molecule has 0 spiro atoms. The van der Waals surface area contributed by atoms with Crippen LogP contribution in [0.2, 0.25) is 0 Å². The molecule has 2 rings (SSSR count). The lowest BCUT2D eigenvalue weighted by molar-refractivity contribution is 0.0262. The maximum atomic E-state index is 5.70. The largest absolute Gasteiger partial charge is 0.497 e. The van der Waals surface area contributed by atoms with Gasteiger partial charge in [-0.25, -0.2) is 0 Å². The highest BCUT2D eigenvalue weighted by molar-refractivity contribution is 5.42. The molecule has 0 saturated carbocycles. The Morgan fingerprint density at radius 1 is 1.31 bits per heavy atom. The number of nitrogens with one attached hydrogen (secondary N) is 1. The molecule has 1 saturated heterocycles. The van der Waals surface area contributed by atoms with Gasteiger partial charge in [-0.1, -0.05) is 0 Å². The fourth-order valence-electron chi connectivity index (χ4n) is 1.85. The molecular formula is C12H17NO3. The van der Waals surface area contributed by atoms with Gasteiger partial charge >= 0.3 is 0 Å². The second-order valence-electron chi connectivity index (χ2n) is 3.67. The zero-order valence-electron chi connectivity index (χ0n) is 9.66. The quantitative estimate of drug-likeness (QED) is 0.840. The molecule has 16 heavy (non-hydrogen) atoms. The lowest BCUT2D eigenvalue weighted by Crippen LogP contribution is -2.33. The minimum Gasteiger partial charge on any atom is -0.497 e. The normalized spacial score (nSPS) is 20.5. The second-order valence-corrected chi connectivity index (χ2v) is 3.67. The number of morpholine rings is 1. The lowest BCUT2D eigenvalue weighted by Gasteiger charge is -2.25. The monoisotopic (exact) mass is 223 g/mol. The first kappa shape index (κ1) is 11.2. The third-order valence-electron chi connectivity index (χ3n) is 2.72. The first-order valence-electron chi connectivity index (χ1n) is 5.39. The Bertz CT molecular complexity index is 348. The molecule has 0 bridgehead atoms. The van der Waals surface area contributed by atoms with Crippen LogP contribution in [0.3, 0.4) is 0 Å². The Hall–Kier alpha value is -1.26. The van der Waals surface area contributed by atoms with E-state index in [0.29, 0.717) is 0 Å². The molecule has 1 aromatic rings. The second kappa shape index (κ2) is 5.18. The summed E-state index contributed by atoms with van der Waals surface area (Å²) >= 11 is 0. The van der Waals surface area contributed by atoms with Crippen molar-refractivity contribution in [1.82, 2.24) is 5.32 Å². The summed E-state index contributed by atoms with van der Waals surface area (Å²) in [6, 6.07) is 5.80. The van der Waals surface area contributed by atoms with E-state index in [4.69, 9.17) is 14.2 Å². The Morgan fingerprint density at radius 2 is 2.19 bits per heavy atom. The molecule has 1 atom stereocenters. The third-order valence-corrected chi connectivity index (χ3v) is 2.72. The molecule has 1 fully saturated rings. The fourth-order valence-corrected chi connectivity index (χ4v) is 1.85. The molecule has 0 radical (unpaired) electrons. The van der Waals surface area contributed by atoms with Crippen LogP contribution < -0.4 is 14.8 Å². The topological polar surface area (TPSA) is 39.7 Å². The van der Waals surface area contributed by atoms with Gasteiger partial charge in [0.2, 0.25) is 0 Å². The predicted octanol–water partition coefficient (Wildman–Crippen LogP) is 1.36. The Morgan fingerprint density at radius 3 is 2.81 bits per heavy atom. The van der Waals surface area contributed by atoms with Gasteiger partial charge in [0.15, 0.2) is 0 Å². The van der Waals surface area contributed by atoms with E-state index >= 15 is 0 Å². The van der Waals surface area contributed by atoms with Crippen molar-refractivity contribution in [3.63, 3.8) is 0 Å². The minimum atomic E-state index is 0.0645. The molecule has 4 heteroatoms. The highest BCUT2D eigenvalue weighted by Crippen LogP contribution is 2.31. The molecule has 1 N–H and O–H groups in total. The molecule has 1 aromatic carbocycles. The summed E-state index contributed by atoms with van der Waals surface area (Å²) < 4.78 is 16.2. The molecule has 0 aliphatic carbocycles. The zero-order valence-corrected chi connectivity index (χ0v) is 9.66. The van der Waals surface area contributed by atoms with E-state index in [1.807, 2.05) is 18.2 Å². The van der Waals surface area contributed by atoms with Crippen molar-refractivity contribution in [2.45, 2.75) is 6.10 Å². The van der Waals surface area contributed by atoms with Gasteiger partial charge in [-0.05, 0) is 12.1 Å². The molecular weight excluding hydrogens is 206 g/mol. The van der Waals surface area contributed by atoms with Crippen LogP contribution in [-0.4, -0.2) is 33.9 Å². The van der Waals surface area contributed by atoms with Gasteiger partial charge in [-0.3, -0.25) is 0 Å². The van der Waals surface area contributed by atoms with Crippen LogP contribution in [0, 0.1) is 0 Å². The van der Waals surface area contributed by atoms with Crippen LogP contribution >= 0.6 is 0 Å². The number of methoxy groups -OCH3 is 2. The van der Waals surface area contributed by atoms with E-state index in [1.54, 1.807) is 14.2 Å². The van der Waals surface area contributed by atoms with E-state index in [9.17, 15) is 0 Å². The van der Waals surface area contributed by atoms with E-state index in [2.05, 4.69) is 5.32 Å². The van der Waals surface area contributed by atoms with Crippen molar-refractivity contribution in [1.29, 1.82) is 0 Å². The van der Waals surface area contributed by atoms with Crippen LogP contribution in [0.1, 0.15) is 11.7 Å². The molecule has 1 aliphatic heterocycles. The maximum absolute atomic E-state index is 5.70. The van der Waals surface area contributed by atoms with Crippen LogP contribution in [0.4, 0.5) is 0 Å². The van der Waals surface area contributed by atoms with Crippen molar-refractivity contribution < 1.29 is 14.2 Å². The Balaban J connectivity index is 2.24. The zero-order chi connectivity index (χ0) is 11.4. The van der Waals surface area contributed by atoms with Gasteiger partial charge in [-0.2, -0.15) is 0 Å².